The number of nitrogens with one attached hydrogen (secondary N) is 1. The van der Waals surface area contributed by atoms with Crippen molar-refractivity contribution >= 4 is 16.1 Å². The van der Waals surface area contributed by atoms with Crippen molar-refractivity contribution in [1.82, 2.24) is 10.2 Å². The molecule has 1 heterocycles. The number of benzene rings is 1. The lowest BCUT2D eigenvalue weighted by atomic mass is 9.83. The maximum atomic E-state index is 12.4. The summed E-state index contributed by atoms with van der Waals surface area (Å²) in [7, 11) is -4.25. The zero-order valence-corrected chi connectivity index (χ0v) is 16.0. The number of hydrogen-bond acceptors (Lipinski definition) is 4. The number of para-hydroxylation sites is 1. The molecular weight excluding hydrogens is 368 g/mol. The van der Waals surface area contributed by atoms with Gasteiger partial charge in [-0.05, 0) is 12.5 Å². The van der Waals surface area contributed by atoms with Crippen molar-refractivity contribution in [2.75, 3.05) is 19.7 Å². The lowest BCUT2D eigenvalue weighted by Gasteiger charge is -2.39. The second kappa shape index (κ2) is 7.74. The molecule has 0 radical (unpaired) electrons. The van der Waals surface area contributed by atoms with Gasteiger partial charge in [-0.25, -0.2) is 4.79 Å². The van der Waals surface area contributed by atoms with Crippen molar-refractivity contribution in [3.63, 3.8) is 0 Å². The van der Waals surface area contributed by atoms with E-state index in [-0.39, 0.29) is 6.03 Å². The first-order valence-electron chi connectivity index (χ1n) is 9.01. The summed E-state index contributed by atoms with van der Waals surface area (Å²) in [5, 5.41) is 1.65. The molecule has 0 bridgehead atoms. The minimum absolute atomic E-state index is 0.238. The van der Waals surface area contributed by atoms with E-state index in [9.17, 15) is 17.8 Å². The van der Waals surface area contributed by atoms with Crippen LogP contribution >= 0.6 is 0 Å². The molecule has 1 aliphatic heterocycles. The van der Waals surface area contributed by atoms with Crippen LogP contribution in [0.3, 0.4) is 0 Å². The summed E-state index contributed by atoms with van der Waals surface area (Å²) >= 11 is 0. The standard InChI is InChI=1S/C19H24N2O5S/c1-2-3-14-26-17-7-5-4-6-16(17)19(21-13-12-20-18(21)22)10-8-15(9-11-19)27(23,24)25/h4-11,15H,2-3,12-14H2,1H3,(H,20,22)(H,23,24,25). The van der Waals surface area contributed by atoms with Gasteiger partial charge in [0.1, 0.15) is 16.5 Å². The molecule has 27 heavy (non-hydrogen) atoms. The number of hydrogen-bond donors (Lipinski definition) is 2. The molecule has 1 saturated heterocycles. The Morgan fingerprint density at radius 1 is 1.30 bits per heavy atom. The van der Waals surface area contributed by atoms with Gasteiger partial charge >= 0.3 is 6.03 Å². The number of urea groups is 1. The van der Waals surface area contributed by atoms with Crippen LogP contribution in [-0.2, 0) is 15.7 Å². The van der Waals surface area contributed by atoms with Gasteiger partial charge in [-0.15, -0.1) is 0 Å². The summed E-state index contributed by atoms with van der Waals surface area (Å²) in [6.45, 7) is 3.60. The second-order valence-corrected chi connectivity index (χ2v) is 8.18. The highest BCUT2D eigenvalue weighted by atomic mass is 32.2. The van der Waals surface area contributed by atoms with Gasteiger partial charge in [-0.1, -0.05) is 55.8 Å². The number of carbonyl (C=O) groups excluding carboxylic acids is 1. The molecule has 1 aromatic rings. The molecule has 0 unspecified atom stereocenters. The Morgan fingerprint density at radius 3 is 2.59 bits per heavy atom. The Bertz CT molecular complexity index is 849. The van der Waals surface area contributed by atoms with E-state index in [1.807, 2.05) is 24.3 Å². The molecule has 7 nitrogen and oxygen atoms in total. The topological polar surface area (TPSA) is 95.9 Å². The Labute approximate surface area is 159 Å². The smallest absolute Gasteiger partial charge is 0.318 e. The lowest BCUT2D eigenvalue weighted by Crippen LogP contribution is -2.47. The monoisotopic (exact) mass is 392 g/mol. The molecule has 146 valence electrons. The number of rotatable bonds is 7. The fourth-order valence-corrected chi connectivity index (χ4v) is 3.94. The number of nitrogens with zero attached hydrogens (tertiary/aromatic N) is 1. The fourth-order valence-electron chi connectivity index (χ4n) is 3.38. The molecular formula is C19H24N2O5S. The van der Waals surface area contributed by atoms with Crippen LogP contribution in [0.25, 0.3) is 0 Å². The van der Waals surface area contributed by atoms with Gasteiger partial charge in [0.2, 0.25) is 0 Å². The first-order chi connectivity index (χ1) is 12.9. The third kappa shape index (κ3) is 3.86. The predicted molar refractivity (Wildman–Crippen MR) is 102 cm³/mol. The van der Waals surface area contributed by atoms with Crippen molar-refractivity contribution in [2.45, 2.75) is 30.6 Å². The zero-order valence-electron chi connectivity index (χ0n) is 15.2. The number of carbonyl (C=O) groups is 1. The minimum atomic E-state index is -4.25. The van der Waals surface area contributed by atoms with E-state index in [0.717, 1.165) is 18.4 Å². The zero-order chi connectivity index (χ0) is 19.5. The van der Waals surface area contributed by atoms with E-state index in [1.54, 1.807) is 17.1 Å². The highest BCUT2D eigenvalue weighted by Gasteiger charge is 2.43. The first-order valence-corrected chi connectivity index (χ1v) is 10.5. The van der Waals surface area contributed by atoms with Gasteiger partial charge in [0, 0.05) is 18.7 Å². The summed E-state index contributed by atoms with van der Waals surface area (Å²) in [6, 6.07) is 7.19. The third-order valence-corrected chi connectivity index (χ3v) is 5.80. The Hall–Kier alpha value is -2.32. The summed E-state index contributed by atoms with van der Waals surface area (Å²) in [5.74, 6) is 0.644. The van der Waals surface area contributed by atoms with Crippen molar-refractivity contribution in [2.24, 2.45) is 0 Å². The van der Waals surface area contributed by atoms with Crippen molar-refractivity contribution < 1.29 is 22.5 Å². The molecule has 1 aliphatic carbocycles. The molecule has 8 heteroatoms. The summed E-state index contributed by atoms with van der Waals surface area (Å²) in [5.41, 5.74) is -0.232. The average molecular weight is 392 g/mol. The van der Waals surface area contributed by atoms with E-state index < -0.39 is 20.9 Å². The van der Waals surface area contributed by atoms with Crippen LogP contribution in [0.4, 0.5) is 4.79 Å². The molecule has 0 atom stereocenters. The number of ether oxygens (including phenoxy) is 1. The normalized spacial score (nSPS) is 24.9. The minimum Gasteiger partial charge on any atom is -0.493 e. The molecule has 1 aromatic carbocycles. The quantitative estimate of drug-likeness (QED) is 0.422. The number of amides is 2. The fraction of sp³-hybridized carbons (Fsp3) is 0.421. The highest BCUT2D eigenvalue weighted by Crippen LogP contribution is 2.41. The predicted octanol–water partition coefficient (Wildman–Crippen LogP) is 2.47. The van der Waals surface area contributed by atoms with E-state index in [1.165, 1.54) is 12.2 Å². The molecule has 1 fully saturated rings. The van der Waals surface area contributed by atoms with E-state index >= 15 is 0 Å². The van der Waals surface area contributed by atoms with Crippen LogP contribution in [0, 0.1) is 0 Å². The van der Waals surface area contributed by atoms with Crippen LogP contribution < -0.4 is 10.1 Å². The average Bonchev–Trinajstić information content (AvgIpc) is 3.08. The van der Waals surface area contributed by atoms with Gasteiger partial charge in [-0.3, -0.25) is 4.55 Å². The second-order valence-electron chi connectivity index (χ2n) is 6.60. The van der Waals surface area contributed by atoms with Gasteiger partial charge in [0.05, 0.1) is 6.61 Å². The summed E-state index contributed by atoms with van der Waals surface area (Å²) in [6.07, 6.45) is 8.02. The Balaban J connectivity index is 2.06. The van der Waals surface area contributed by atoms with Crippen LogP contribution in [-0.4, -0.2) is 48.8 Å². The van der Waals surface area contributed by atoms with Crippen molar-refractivity contribution in [3.05, 3.63) is 54.1 Å². The van der Waals surface area contributed by atoms with E-state index in [2.05, 4.69) is 12.2 Å². The first kappa shape index (κ1) is 19.4. The number of unbranched alkanes of at least 4 members (excludes halogenated alkanes) is 1. The molecule has 0 aromatic heterocycles. The van der Waals surface area contributed by atoms with Crippen LogP contribution in [0.5, 0.6) is 5.75 Å². The van der Waals surface area contributed by atoms with Crippen molar-refractivity contribution in [3.8, 4) is 5.75 Å². The van der Waals surface area contributed by atoms with Crippen LogP contribution in [0.1, 0.15) is 25.3 Å². The Kier molecular flexibility index (Phi) is 5.57. The Morgan fingerprint density at radius 2 is 2.00 bits per heavy atom. The molecule has 2 amide bonds. The molecule has 2 aliphatic rings. The van der Waals surface area contributed by atoms with Gasteiger partial charge in [-0.2, -0.15) is 8.42 Å². The SMILES string of the molecule is CCCCOc1ccccc1C1(N2CCNC2=O)C=CC(S(=O)(=O)O)C=C1. The van der Waals surface area contributed by atoms with Gasteiger partial charge in [0.15, 0.2) is 0 Å². The molecule has 0 spiro atoms. The van der Waals surface area contributed by atoms with Crippen molar-refractivity contribution in [1.29, 1.82) is 0 Å². The molecule has 3 rings (SSSR count). The van der Waals surface area contributed by atoms with Crippen LogP contribution in [0.2, 0.25) is 0 Å². The maximum Gasteiger partial charge on any atom is 0.318 e. The lowest BCUT2D eigenvalue weighted by molar-refractivity contribution is 0.184. The third-order valence-electron chi connectivity index (χ3n) is 4.80. The van der Waals surface area contributed by atoms with E-state index in [4.69, 9.17) is 4.74 Å². The van der Waals surface area contributed by atoms with Gasteiger partial charge in [0.25, 0.3) is 10.1 Å². The van der Waals surface area contributed by atoms with E-state index in [0.29, 0.717) is 25.4 Å². The summed E-state index contributed by atoms with van der Waals surface area (Å²) in [4.78, 5) is 14.1. The maximum absolute atomic E-state index is 12.4. The van der Waals surface area contributed by atoms with Gasteiger partial charge < -0.3 is 15.0 Å². The highest BCUT2D eigenvalue weighted by molar-refractivity contribution is 7.86. The largest absolute Gasteiger partial charge is 0.493 e. The summed E-state index contributed by atoms with van der Waals surface area (Å²) < 4.78 is 38.3. The van der Waals surface area contributed by atoms with Crippen LogP contribution in [0.15, 0.2) is 48.6 Å². The molecule has 2 N–H and O–H groups in total. The molecule has 0 saturated carbocycles.